The van der Waals surface area contributed by atoms with Crippen LogP contribution in [0.1, 0.15) is 0 Å². The van der Waals surface area contributed by atoms with Gasteiger partial charge in [0.1, 0.15) is 0 Å². The van der Waals surface area contributed by atoms with E-state index in [1.165, 1.54) is 35.1 Å². The van der Waals surface area contributed by atoms with Gasteiger partial charge in [0.05, 0.1) is 5.75 Å². The molecule has 4 nitrogen and oxygen atoms in total. The van der Waals surface area contributed by atoms with Crippen LogP contribution in [0.5, 0.6) is 0 Å². The lowest BCUT2D eigenvalue weighted by atomic mass is 10.1. The lowest BCUT2D eigenvalue weighted by Crippen LogP contribution is -2.13. The van der Waals surface area contributed by atoms with Crippen molar-refractivity contribution in [2.75, 3.05) is 17.3 Å². The standard InChI is InChI=1S/C15H13N3OS3/c1-20-14-17-15(22-18-14)21-9-13(19)16-12-7-6-10-4-2-3-5-11(10)8-12/h2-8H,9H2,1H3,(H,16,19). The number of nitrogens with zero attached hydrogens (tertiary/aromatic N) is 2. The maximum Gasteiger partial charge on any atom is 0.234 e. The topological polar surface area (TPSA) is 54.9 Å². The lowest BCUT2D eigenvalue weighted by Gasteiger charge is -2.05. The summed E-state index contributed by atoms with van der Waals surface area (Å²) in [7, 11) is 0. The molecular formula is C15H13N3OS3. The lowest BCUT2D eigenvalue weighted by molar-refractivity contribution is -0.113. The molecule has 0 saturated heterocycles. The number of fused-ring (bicyclic) bond motifs is 1. The fourth-order valence-corrected chi connectivity index (χ4v) is 3.94. The van der Waals surface area contributed by atoms with Crippen molar-refractivity contribution in [1.82, 2.24) is 9.36 Å². The molecule has 112 valence electrons. The number of aromatic nitrogens is 2. The molecule has 1 amide bonds. The zero-order chi connectivity index (χ0) is 15.4. The first-order valence-electron chi connectivity index (χ1n) is 6.54. The molecular weight excluding hydrogens is 334 g/mol. The van der Waals surface area contributed by atoms with Gasteiger partial charge < -0.3 is 5.32 Å². The first kappa shape index (κ1) is 15.3. The normalized spacial score (nSPS) is 10.8. The Bertz CT molecular complexity index is 803. The van der Waals surface area contributed by atoms with Crippen molar-refractivity contribution in [1.29, 1.82) is 0 Å². The van der Waals surface area contributed by atoms with Gasteiger partial charge in [-0.15, -0.1) is 0 Å². The van der Waals surface area contributed by atoms with Gasteiger partial charge in [-0.3, -0.25) is 4.79 Å². The van der Waals surface area contributed by atoms with Gasteiger partial charge in [-0.2, -0.15) is 4.37 Å². The number of rotatable bonds is 5. The Hall–Kier alpha value is -1.57. The van der Waals surface area contributed by atoms with Crippen molar-refractivity contribution in [3.8, 4) is 0 Å². The SMILES string of the molecule is CSc1nsc(SCC(=O)Nc2ccc3ccccc3c2)n1. The number of thioether (sulfide) groups is 2. The molecule has 3 aromatic rings. The summed E-state index contributed by atoms with van der Waals surface area (Å²) in [6.07, 6.45) is 1.93. The third-order valence-corrected chi connectivity index (χ3v) is 5.43. The minimum absolute atomic E-state index is 0.0406. The summed E-state index contributed by atoms with van der Waals surface area (Å²) in [4.78, 5) is 16.3. The maximum absolute atomic E-state index is 12.0. The average molecular weight is 347 g/mol. The van der Waals surface area contributed by atoms with E-state index < -0.39 is 0 Å². The molecule has 3 rings (SSSR count). The van der Waals surface area contributed by atoms with Gasteiger partial charge in [0.15, 0.2) is 4.34 Å². The number of hydrogen-bond acceptors (Lipinski definition) is 6. The number of anilines is 1. The number of nitrogens with one attached hydrogen (secondary N) is 1. The number of carbonyl (C=O) groups is 1. The quantitative estimate of drug-likeness (QED) is 0.703. The highest BCUT2D eigenvalue weighted by atomic mass is 32.2. The number of hydrogen-bond donors (Lipinski definition) is 1. The Morgan fingerprint density at radius 1 is 1.23 bits per heavy atom. The van der Waals surface area contributed by atoms with Crippen LogP contribution in [0, 0.1) is 0 Å². The molecule has 0 aliphatic rings. The molecule has 1 heterocycles. The summed E-state index contributed by atoms with van der Waals surface area (Å²) in [5.74, 6) is 0.289. The highest BCUT2D eigenvalue weighted by Crippen LogP contribution is 2.24. The Labute approximate surface area is 140 Å². The van der Waals surface area contributed by atoms with Crippen LogP contribution in [0.4, 0.5) is 5.69 Å². The van der Waals surface area contributed by atoms with E-state index in [1.807, 2.05) is 42.7 Å². The molecule has 0 saturated carbocycles. The van der Waals surface area contributed by atoms with Gasteiger partial charge in [-0.05, 0) is 40.7 Å². The van der Waals surface area contributed by atoms with E-state index in [0.29, 0.717) is 5.75 Å². The van der Waals surface area contributed by atoms with Crippen molar-refractivity contribution >= 4 is 57.4 Å². The van der Waals surface area contributed by atoms with Crippen LogP contribution in [0.3, 0.4) is 0 Å². The largest absolute Gasteiger partial charge is 0.325 e. The molecule has 2 aromatic carbocycles. The second-order valence-electron chi connectivity index (χ2n) is 4.45. The Morgan fingerprint density at radius 2 is 2.05 bits per heavy atom. The van der Waals surface area contributed by atoms with E-state index in [-0.39, 0.29) is 5.91 Å². The fraction of sp³-hybridized carbons (Fsp3) is 0.133. The van der Waals surface area contributed by atoms with E-state index in [1.54, 1.807) is 0 Å². The van der Waals surface area contributed by atoms with Gasteiger partial charge in [0.2, 0.25) is 11.1 Å². The molecule has 0 aliphatic heterocycles. The zero-order valence-corrected chi connectivity index (χ0v) is 14.2. The van der Waals surface area contributed by atoms with E-state index in [9.17, 15) is 4.79 Å². The summed E-state index contributed by atoms with van der Waals surface area (Å²) in [5, 5.41) is 5.94. The van der Waals surface area contributed by atoms with Gasteiger partial charge >= 0.3 is 0 Å². The van der Waals surface area contributed by atoms with Gasteiger partial charge in [-0.25, -0.2) is 4.98 Å². The van der Waals surface area contributed by atoms with Crippen molar-refractivity contribution in [2.24, 2.45) is 0 Å². The maximum atomic E-state index is 12.0. The summed E-state index contributed by atoms with van der Waals surface area (Å²) < 4.78 is 4.99. The highest BCUT2D eigenvalue weighted by Gasteiger charge is 2.08. The number of benzene rings is 2. The number of amides is 1. The smallest absolute Gasteiger partial charge is 0.234 e. The highest BCUT2D eigenvalue weighted by molar-refractivity contribution is 8.01. The van der Waals surface area contributed by atoms with Crippen LogP contribution in [-0.4, -0.2) is 27.3 Å². The Kier molecular flexibility index (Phi) is 4.97. The van der Waals surface area contributed by atoms with E-state index in [0.717, 1.165) is 26.0 Å². The predicted octanol–water partition coefficient (Wildman–Crippen LogP) is 4.14. The molecule has 22 heavy (non-hydrogen) atoms. The first-order chi connectivity index (χ1) is 10.7. The summed E-state index contributed by atoms with van der Waals surface area (Å²) in [5.41, 5.74) is 0.811. The average Bonchev–Trinajstić information content (AvgIpc) is 3.01. The second-order valence-corrected chi connectivity index (χ2v) is 7.19. The van der Waals surface area contributed by atoms with Crippen LogP contribution in [0.15, 0.2) is 52.0 Å². The monoisotopic (exact) mass is 347 g/mol. The molecule has 0 fully saturated rings. The number of carbonyl (C=O) groups excluding carboxylic acids is 1. The Balaban J connectivity index is 1.60. The predicted molar refractivity (Wildman–Crippen MR) is 95.0 cm³/mol. The Morgan fingerprint density at radius 3 is 2.82 bits per heavy atom. The van der Waals surface area contributed by atoms with Crippen molar-refractivity contribution in [3.05, 3.63) is 42.5 Å². The van der Waals surface area contributed by atoms with Crippen molar-refractivity contribution < 1.29 is 4.79 Å². The van der Waals surface area contributed by atoms with Crippen LogP contribution in [0.2, 0.25) is 0 Å². The molecule has 0 bridgehead atoms. The second kappa shape index (κ2) is 7.13. The molecule has 0 unspecified atom stereocenters. The minimum Gasteiger partial charge on any atom is -0.325 e. The fourth-order valence-electron chi connectivity index (χ4n) is 1.93. The third kappa shape index (κ3) is 3.79. The van der Waals surface area contributed by atoms with Crippen LogP contribution in [-0.2, 0) is 4.79 Å². The van der Waals surface area contributed by atoms with Gasteiger partial charge in [-0.1, -0.05) is 53.9 Å². The molecule has 1 aromatic heterocycles. The van der Waals surface area contributed by atoms with Crippen molar-refractivity contribution in [3.63, 3.8) is 0 Å². The van der Waals surface area contributed by atoms with Gasteiger partial charge in [0.25, 0.3) is 0 Å². The zero-order valence-electron chi connectivity index (χ0n) is 11.8. The molecule has 1 N–H and O–H groups in total. The van der Waals surface area contributed by atoms with Crippen LogP contribution >= 0.6 is 35.1 Å². The summed E-state index contributed by atoms with van der Waals surface area (Å²) in [6.45, 7) is 0. The van der Waals surface area contributed by atoms with Crippen molar-refractivity contribution in [2.45, 2.75) is 9.50 Å². The van der Waals surface area contributed by atoms with Crippen LogP contribution < -0.4 is 5.32 Å². The first-order valence-corrected chi connectivity index (χ1v) is 9.52. The van der Waals surface area contributed by atoms with E-state index in [2.05, 4.69) is 20.7 Å². The molecule has 0 spiro atoms. The summed E-state index contributed by atoms with van der Waals surface area (Å²) in [6, 6.07) is 14.0. The molecule has 7 heteroatoms. The van der Waals surface area contributed by atoms with E-state index in [4.69, 9.17) is 0 Å². The van der Waals surface area contributed by atoms with Gasteiger partial charge in [0, 0.05) is 5.69 Å². The molecule has 0 atom stereocenters. The minimum atomic E-state index is -0.0406. The molecule has 0 radical (unpaired) electrons. The summed E-state index contributed by atoms with van der Waals surface area (Å²) >= 11 is 4.23. The molecule has 0 aliphatic carbocycles. The van der Waals surface area contributed by atoms with E-state index >= 15 is 0 Å². The third-order valence-electron chi connectivity index (χ3n) is 2.93. The van der Waals surface area contributed by atoms with Crippen LogP contribution in [0.25, 0.3) is 10.8 Å².